The molecule has 4 rings (SSSR count). The van der Waals surface area contributed by atoms with Crippen LogP contribution in [0.15, 0.2) is 30.5 Å². The van der Waals surface area contributed by atoms with Gasteiger partial charge < -0.3 is 14.5 Å². The van der Waals surface area contributed by atoms with Crippen LogP contribution in [0, 0.1) is 12.7 Å². The fraction of sp³-hybridized carbons (Fsp3) is 0.263. The van der Waals surface area contributed by atoms with Crippen LogP contribution in [0.3, 0.4) is 0 Å². The topological polar surface area (TPSA) is 55.6 Å². The largest absolute Gasteiger partial charge is 0.492 e. The van der Waals surface area contributed by atoms with Gasteiger partial charge >= 0.3 is 0 Å². The van der Waals surface area contributed by atoms with Crippen molar-refractivity contribution < 1.29 is 13.9 Å². The summed E-state index contributed by atoms with van der Waals surface area (Å²) >= 11 is 6.19. The van der Waals surface area contributed by atoms with Gasteiger partial charge in [0.25, 0.3) is 0 Å². The average Bonchev–Trinajstić information content (AvgIpc) is 2.89. The Morgan fingerprint density at radius 2 is 2.23 bits per heavy atom. The van der Waals surface area contributed by atoms with Gasteiger partial charge in [0.15, 0.2) is 11.6 Å². The lowest BCUT2D eigenvalue weighted by Crippen LogP contribution is -2.21. The second-order valence-corrected chi connectivity index (χ2v) is 6.79. The molecule has 1 aromatic carbocycles. The van der Waals surface area contributed by atoms with Crippen LogP contribution in [0.1, 0.15) is 34.9 Å². The van der Waals surface area contributed by atoms with Crippen LogP contribution in [0.4, 0.5) is 4.39 Å². The summed E-state index contributed by atoms with van der Waals surface area (Å²) < 4.78 is 21.4. The molecule has 134 valence electrons. The molecule has 26 heavy (non-hydrogen) atoms. The third kappa shape index (κ3) is 2.61. The minimum atomic E-state index is -0.550. The van der Waals surface area contributed by atoms with E-state index in [9.17, 15) is 9.18 Å². The molecular weight excluding hydrogens is 357 g/mol. The molecule has 1 atom stereocenters. The zero-order valence-electron chi connectivity index (χ0n) is 14.3. The van der Waals surface area contributed by atoms with Gasteiger partial charge in [-0.3, -0.25) is 4.79 Å². The summed E-state index contributed by atoms with van der Waals surface area (Å²) in [6.45, 7) is 2.33. The third-order valence-electron chi connectivity index (χ3n) is 4.76. The summed E-state index contributed by atoms with van der Waals surface area (Å²) in [7, 11) is 1.37. The van der Waals surface area contributed by atoms with E-state index < -0.39 is 5.82 Å². The number of aryl methyl sites for hydroxylation is 1. The molecule has 1 aliphatic rings. The van der Waals surface area contributed by atoms with Crippen LogP contribution in [0.2, 0.25) is 5.02 Å². The molecule has 5 nitrogen and oxygen atoms in total. The lowest BCUT2D eigenvalue weighted by Gasteiger charge is -2.17. The molecule has 1 N–H and O–H groups in total. The number of hydrogen-bond donors (Lipinski definition) is 1. The third-order valence-corrected chi connectivity index (χ3v) is 5.04. The highest BCUT2D eigenvalue weighted by molar-refractivity contribution is 6.32. The molecule has 1 aliphatic heterocycles. The maximum Gasteiger partial charge on any atom is 0.221 e. The number of rotatable bonds is 2. The summed E-state index contributed by atoms with van der Waals surface area (Å²) in [5, 5.41) is 3.05. The Labute approximate surface area is 154 Å². The van der Waals surface area contributed by atoms with Crippen molar-refractivity contribution in [2.75, 3.05) is 7.11 Å². The van der Waals surface area contributed by atoms with E-state index in [0.29, 0.717) is 12.1 Å². The summed E-state index contributed by atoms with van der Waals surface area (Å²) in [4.78, 5) is 16.9. The summed E-state index contributed by atoms with van der Waals surface area (Å²) in [5.41, 5.74) is 4.14. The number of nitrogens with one attached hydrogen (secondary N) is 1. The van der Waals surface area contributed by atoms with E-state index in [2.05, 4.69) is 5.32 Å². The molecule has 3 heterocycles. The number of aromatic nitrogens is 2. The number of nitrogens with zero attached hydrogens (tertiary/aromatic N) is 2. The molecule has 3 aromatic rings. The summed E-state index contributed by atoms with van der Waals surface area (Å²) in [6.07, 6.45) is 2.11. The standard InChI is InChI=1S/C19H17ClFN3O2/c1-10-4-3-5-24-17-12(8-16(25)22-9-15(17)23-19(10)24)11-6-13(20)18(26-2)14(21)7-11/h3-7,12H,8-9H2,1-2H3,(H,22,25)/t12-/m1/s1. The lowest BCUT2D eigenvalue weighted by molar-refractivity contribution is -0.121. The molecule has 0 unspecified atom stereocenters. The van der Waals surface area contributed by atoms with Gasteiger partial charge in [-0.05, 0) is 36.2 Å². The van der Waals surface area contributed by atoms with Gasteiger partial charge in [-0.2, -0.15) is 0 Å². The first kappa shape index (κ1) is 16.8. The molecule has 0 radical (unpaired) electrons. The Balaban J connectivity index is 1.96. The zero-order chi connectivity index (χ0) is 18.4. The lowest BCUT2D eigenvalue weighted by atomic mass is 9.91. The SMILES string of the molecule is COc1c(F)cc([C@H]2CC(=O)NCc3nc4c(C)cccn4c32)cc1Cl. The second-order valence-electron chi connectivity index (χ2n) is 6.38. The van der Waals surface area contributed by atoms with Crippen molar-refractivity contribution >= 4 is 23.2 Å². The average molecular weight is 374 g/mol. The Morgan fingerprint density at radius 3 is 2.96 bits per heavy atom. The first-order valence-electron chi connectivity index (χ1n) is 8.25. The quantitative estimate of drug-likeness (QED) is 0.746. The molecule has 0 bridgehead atoms. The van der Waals surface area contributed by atoms with E-state index >= 15 is 0 Å². The normalized spacial score (nSPS) is 16.9. The van der Waals surface area contributed by atoms with Crippen molar-refractivity contribution in [2.24, 2.45) is 0 Å². The molecule has 2 aromatic heterocycles. The monoisotopic (exact) mass is 373 g/mol. The first-order valence-corrected chi connectivity index (χ1v) is 8.63. The van der Waals surface area contributed by atoms with Gasteiger partial charge in [-0.25, -0.2) is 9.37 Å². The molecule has 0 spiro atoms. The number of carbonyl (C=O) groups is 1. The van der Waals surface area contributed by atoms with E-state index in [1.807, 2.05) is 29.7 Å². The number of halogens is 2. The minimum Gasteiger partial charge on any atom is -0.492 e. The molecule has 0 saturated heterocycles. The molecule has 0 aliphatic carbocycles. The van der Waals surface area contributed by atoms with Crippen LogP contribution < -0.4 is 10.1 Å². The molecule has 0 fully saturated rings. The van der Waals surface area contributed by atoms with Crippen LogP contribution in [0.25, 0.3) is 5.65 Å². The van der Waals surface area contributed by atoms with Gasteiger partial charge in [-0.15, -0.1) is 0 Å². The van der Waals surface area contributed by atoms with Gasteiger partial charge in [0.05, 0.1) is 30.1 Å². The van der Waals surface area contributed by atoms with E-state index in [1.165, 1.54) is 13.2 Å². The minimum absolute atomic E-state index is 0.00250. The molecule has 1 amide bonds. The number of fused-ring (bicyclic) bond motifs is 3. The van der Waals surface area contributed by atoms with Crippen molar-refractivity contribution in [3.05, 3.63) is 63.8 Å². The fourth-order valence-corrected chi connectivity index (χ4v) is 3.85. The van der Waals surface area contributed by atoms with Crippen molar-refractivity contribution in [3.63, 3.8) is 0 Å². The number of benzene rings is 1. The smallest absolute Gasteiger partial charge is 0.221 e. The van der Waals surface area contributed by atoms with E-state index in [4.69, 9.17) is 21.3 Å². The Kier molecular flexibility index (Phi) is 4.07. The maximum absolute atomic E-state index is 14.4. The predicted octanol–water partition coefficient (Wildman–Crippen LogP) is 3.60. The maximum atomic E-state index is 14.4. The second kappa shape index (κ2) is 6.29. The number of imidazole rings is 1. The van der Waals surface area contributed by atoms with Gasteiger partial charge in [0, 0.05) is 18.5 Å². The Hall–Kier alpha value is -2.60. The van der Waals surface area contributed by atoms with E-state index in [-0.39, 0.29) is 29.0 Å². The number of hydrogen-bond acceptors (Lipinski definition) is 3. The van der Waals surface area contributed by atoms with Crippen molar-refractivity contribution in [1.82, 2.24) is 14.7 Å². The fourth-order valence-electron chi connectivity index (χ4n) is 3.56. The van der Waals surface area contributed by atoms with Gasteiger partial charge in [-0.1, -0.05) is 17.7 Å². The highest BCUT2D eigenvalue weighted by Gasteiger charge is 2.30. The number of methoxy groups -OCH3 is 1. The molecule has 7 heteroatoms. The van der Waals surface area contributed by atoms with Crippen LogP contribution in [-0.4, -0.2) is 22.4 Å². The van der Waals surface area contributed by atoms with Crippen molar-refractivity contribution in [3.8, 4) is 5.75 Å². The number of pyridine rings is 1. The van der Waals surface area contributed by atoms with E-state index in [1.54, 1.807) is 6.07 Å². The number of carbonyl (C=O) groups excluding carboxylic acids is 1. The van der Waals surface area contributed by atoms with E-state index in [0.717, 1.165) is 22.6 Å². The number of amides is 1. The van der Waals surface area contributed by atoms with Crippen molar-refractivity contribution in [1.29, 1.82) is 0 Å². The highest BCUT2D eigenvalue weighted by Crippen LogP contribution is 2.38. The van der Waals surface area contributed by atoms with Crippen LogP contribution in [-0.2, 0) is 11.3 Å². The number of ether oxygens (including phenoxy) is 1. The summed E-state index contributed by atoms with van der Waals surface area (Å²) in [6, 6.07) is 6.96. The highest BCUT2D eigenvalue weighted by atomic mass is 35.5. The van der Waals surface area contributed by atoms with Crippen LogP contribution in [0.5, 0.6) is 5.75 Å². The zero-order valence-corrected chi connectivity index (χ0v) is 15.1. The van der Waals surface area contributed by atoms with Gasteiger partial charge in [0.2, 0.25) is 5.91 Å². The predicted molar refractivity (Wildman–Crippen MR) is 96.2 cm³/mol. The first-order chi connectivity index (χ1) is 12.5. The van der Waals surface area contributed by atoms with Crippen molar-refractivity contribution in [2.45, 2.75) is 25.8 Å². The molecule has 0 saturated carbocycles. The Morgan fingerprint density at radius 1 is 1.42 bits per heavy atom. The summed E-state index contributed by atoms with van der Waals surface area (Å²) in [5.74, 6) is -1.02. The van der Waals surface area contributed by atoms with Gasteiger partial charge in [0.1, 0.15) is 5.65 Å². The van der Waals surface area contributed by atoms with Crippen LogP contribution >= 0.6 is 11.6 Å². The Bertz CT molecular complexity index is 1010. The molecular formula is C19H17ClFN3O2.